The Morgan fingerprint density at radius 3 is 2.36 bits per heavy atom. The molecule has 0 fully saturated rings. The first-order valence-corrected chi connectivity index (χ1v) is 12.4. The van der Waals surface area contributed by atoms with Gasteiger partial charge in [-0.05, 0) is 28.8 Å². The van der Waals surface area contributed by atoms with Crippen molar-refractivity contribution < 1.29 is 9.18 Å². The number of nitrogens with one attached hydrogen (secondary N) is 2. The Labute approximate surface area is 211 Å². The van der Waals surface area contributed by atoms with E-state index in [1.165, 1.54) is 23.9 Å². The van der Waals surface area contributed by atoms with Crippen LogP contribution in [0.1, 0.15) is 11.1 Å². The molecule has 180 valence electrons. The van der Waals surface area contributed by atoms with Gasteiger partial charge in [-0.3, -0.25) is 14.2 Å². The quantitative estimate of drug-likeness (QED) is 0.233. The summed E-state index contributed by atoms with van der Waals surface area (Å²) in [5.41, 5.74) is 4.34. The number of nitrogens with zero attached hydrogens (tertiary/aromatic N) is 2. The van der Waals surface area contributed by atoms with Gasteiger partial charge in [0.25, 0.3) is 5.56 Å². The second-order valence-corrected chi connectivity index (χ2v) is 9.20. The van der Waals surface area contributed by atoms with Crippen molar-refractivity contribution in [3.8, 4) is 11.1 Å². The summed E-state index contributed by atoms with van der Waals surface area (Å²) in [7, 11) is 0. The van der Waals surface area contributed by atoms with Crippen LogP contribution in [0.4, 0.5) is 4.39 Å². The molecule has 0 saturated heterocycles. The SMILES string of the molecule is O=C(CSc1nc2c(-c3ccccc3)c[nH]c2c(=O)n1Cc1ccccc1)NCc1ccc(F)cc1. The van der Waals surface area contributed by atoms with Crippen molar-refractivity contribution in [3.63, 3.8) is 0 Å². The number of hydrogen-bond donors (Lipinski definition) is 2. The van der Waals surface area contributed by atoms with Gasteiger partial charge in [-0.15, -0.1) is 0 Å². The molecule has 0 atom stereocenters. The molecule has 8 heteroatoms. The summed E-state index contributed by atoms with van der Waals surface area (Å²) in [6.45, 7) is 0.626. The number of aromatic nitrogens is 3. The maximum Gasteiger partial charge on any atom is 0.278 e. The van der Waals surface area contributed by atoms with Crippen LogP contribution in [0.3, 0.4) is 0 Å². The van der Waals surface area contributed by atoms with E-state index in [2.05, 4.69) is 10.3 Å². The normalized spacial score (nSPS) is 11.0. The predicted octanol–water partition coefficient (Wildman–Crippen LogP) is 4.99. The lowest BCUT2D eigenvalue weighted by Crippen LogP contribution is -2.27. The van der Waals surface area contributed by atoms with Crippen LogP contribution < -0.4 is 10.9 Å². The molecule has 6 nitrogen and oxygen atoms in total. The van der Waals surface area contributed by atoms with Gasteiger partial charge < -0.3 is 10.3 Å². The van der Waals surface area contributed by atoms with Gasteiger partial charge in [-0.25, -0.2) is 9.37 Å². The van der Waals surface area contributed by atoms with Crippen molar-refractivity contribution in [2.45, 2.75) is 18.2 Å². The van der Waals surface area contributed by atoms with Crippen LogP contribution in [0.25, 0.3) is 22.2 Å². The lowest BCUT2D eigenvalue weighted by molar-refractivity contribution is -0.118. The number of carbonyl (C=O) groups excluding carboxylic acids is 1. The van der Waals surface area contributed by atoms with Gasteiger partial charge in [0.15, 0.2) is 5.16 Å². The molecule has 0 bridgehead atoms. The molecule has 2 N–H and O–H groups in total. The van der Waals surface area contributed by atoms with Crippen LogP contribution in [-0.4, -0.2) is 26.2 Å². The van der Waals surface area contributed by atoms with E-state index < -0.39 is 0 Å². The number of hydrogen-bond acceptors (Lipinski definition) is 4. The molecule has 5 aromatic rings. The maximum atomic E-state index is 13.5. The molecular weight excluding hydrogens is 475 g/mol. The van der Waals surface area contributed by atoms with E-state index >= 15 is 0 Å². The predicted molar refractivity (Wildman–Crippen MR) is 140 cm³/mol. The molecule has 0 aliphatic heterocycles. The topological polar surface area (TPSA) is 79.8 Å². The molecule has 36 heavy (non-hydrogen) atoms. The lowest BCUT2D eigenvalue weighted by Gasteiger charge is -2.13. The number of aromatic amines is 1. The Morgan fingerprint density at radius 2 is 1.64 bits per heavy atom. The monoisotopic (exact) mass is 498 g/mol. The first kappa shape index (κ1) is 23.6. The minimum absolute atomic E-state index is 0.0824. The van der Waals surface area contributed by atoms with Crippen LogP contribution in [0, 0.1) is 5.82 Å². The second kappa shape index (κ2) is 10.6. The van der Waals surface area contributed by atoms with E-state index in [9.17, 15) is 14.0 Å². The van der Waals surface area contributed by atoms with Gasteiger partial charge in [-0.2, -0.15) is 0 Å². The third kappa shape index (κ3) is 5.23. The van der Waals surface area contributed by atoms with Crippen LogP contribution in [0.15, 0.2) is 101 Å². The molecule has 0 aliphatic carbocycles. The van der Waals surface area contributed by atoms with E-state index in [1.54, 1.807) is 22.9 Å². The first-order valence-electron chi connectivity index (χ1n) is 11.4. The van der Waals surface area contributed by atoms with Crippen LogP contribution in [0.5, 0.6) is 0 Å². The molecule has 0 aliphatic rings. The Morgan fingerprint density at radius 1 is 0.944 bits per heavy atom. The van der Waals surface area contributed by atoms with E-state index in [0.717, 1.165) is 22.3 Å². The minimum atomic E-state index is -0.321. The Balaban J connectivity index is 1.44. The van der Waals surface area contributed by atoms with Crippen LogP contribution >= 0.6 is 11.8 Å². The Bertz CT molecular complexity index is 1550. The number of amides is 1. The zero-order valence-electron chi connectivity index (χ0n) is 19.3. The van der Waals surface area contributed by atoms with Crippen LogP contribution in [-0.2, 0) is 17.9 Å². The van der Waals surface area contributed by atoms with E-state index in [0.29, 0.717) is 29.3 Å². The number of carbonyl (C=O) groups is 1. The molecule has 1 amide bonds. The highest BCUT2D eigenvalue weighted by Crippen LogP contribution is 2.28. The van der Waals surface area contributed by atoms with Gasteiger partial charge in [0.05, 0.1) is 12.3 Å². The molecule has 0 saturated carbocycles. The highest BCUT2D eigenvalue weighted by Gasteiger charge is 2.18. The molecule has 0 radical (unpaired) electrons. The third-order valence-electron chi connectivity index (χ3n) is 5.75. The molecule has 0 unspecified atom stereocenters. The zero-order valence-corrected chi connectivity index (χ0v) is 20.1. The fourth-order valence-corrected chi connectivity index (χ4v) is 4.73. The van der Waals surface area contributed by atoms with Gasteiger partial charge in [0.2, 0.25) is 5.91 Å². The highest BCUT2D eigenvalue weighted by molar-refractivity contribution is 7.99. The number of halogens is 1. The highest BCUT2D eigenvalue weighted by atomic mass is 32.2. The van der Waals surface area contributed by atoms with Crippen molar-refractivity contribution in [1.29, 1.82) is 0 Å². The van der Waals surface area contributed by atoms with Gasteiger partial charge in [-0.1, -0.05) is 84.6 Å². The van der Waals surface area contributed by atoms with Crippen molar-refractivity contribution in [2.75, 3.05) is 5.75 Å². The van der Waals surface area contributed by atoms with Crippen LogP contribution in [0.2, 0.25) is 0 Å². The standard InChI is InChI=1S/C28H23FN4O2S/c29-22-13-11-19(12-14-22)15-30-24(34)18-36-28-32-25-23(21-9-5-2-6-10-21)16-31-26(25)27(35)33(28)17-20-7-3-1-4-8-20/h1-14,16,31H,15,17-18H2,(H,30,34). The molecule has 2 heterocycles. The summed E-state index contributed by atoms with van der Waals surface area (Å²) in [4.78, 5) is 34.1. The molecular formula is C28H23FN4O2S. The fourth-order valence-electron chi connectivity index (χ4n) is 3.91. The molecule has 5 rings (SSSR count). The average molecular weight is 499 g/mol. The summed E-state index contributed by atoms with van der Waals surface area (Å²) >= 11 is 1.21. The average Bonchev–Trinajstić information content (AvgIpc) is 3.34. The first-order chi connectivity index (χ1) is 17.6. The maximum absolute atomic E-state index is 13.5. The van der Waals surface area contributed by atoms with Gasteiger partial charge in [0.1, 0.15) is 16.9 Å². The number of rotatable bonds is 8. The zero-order chi connectivity index (χ0) is 24.9. The van der Waals surface area contributed by atoms with E-state index in [4.69, 9.17) is 4.98 Å². The summed E-state index contributed by atoms with van der Waals surface area (Å²) in [6, 6.07) is 25.4. The third-order valence-corrected chi connectivity index (χ3v) is 6.73. The van der Waals surface area contributed by atoms with E-state index in [1.807, 2.05) is 60.7 Å². The fraction of sp³-hybridized carbons (Fsp3) is 0.107. The van der Waals surface area contributed by atoms with Gasteiger partial charge >= 0.3 is 0 Å². The molecule has 0 spiro atoms. The molecule has 3 aromatic carbocycles. The number of H-pyrrole nitrogens is 1. The summed E-state index contributed by atoms with van der Waals surface area (Å²) in [5, 5.41) is 3.30. The molecule has 2 aromatic heterocycles. The Hall–Kier alpha value is -4.17. The largest absolute Gasteiger partial charge is 0.355 e. The summed E-state index contributed by atoms with van der Waals surface area (Å²) in [6.07, 6.45) is 1.80. The Kier molecular flexibility index (Phi) is 6.95. The van der Waals surface area contributed by atoms with Gasteiger partial charge in [0, 0.05) is 18.3 Å². The smallest absolute Gasteiger partial charge is 0.278 e. The van der Waals surface area contributed by atoms with E-state index in [-0.39, 0.29) is 23.0 Å². The van der Waals surface area contributed by atoms with Crippen molar-refractivity contribution in [3.05, 3.63) is 118 Å². The number of fused-ring (bicyclic) bond motifs is 1. The van der Waals surface area contributed by atoms with Crippen molar-refractivity contribution in [2.24, 2.45) is 0 Å². The number of benzene rings is 3. The van der Waals surface area contributed by atoms with Crippen molar-refractivity contribution >= 4 is 28.7 Å². The summed E-state index contributed by atoms with van der Waals surface area (Å²) < 4.78 is 14.7. The second-order valence-electron chi connectivity index (χ2n) is 8.26. The summed E-state index contributed by atoms with van der Waals surface area (Å²) in [5.74, 6) is -0.445. The lowest BCUT2D eigenvalue weighted by atomic mass is 10.1. The van der Waals surface area contributed by atoms with Crippen molar-refractivity contribution in [1.82, 2.24) is 19.9 Å². The number of thioether (sulfide) groups is 1. The minimum Gasteiger partial charge on any atom is -0.355 e.